The quantitative estimate of drug-likeness (QED) is 0.304. The summed E-state index contributed by atoms with van der Waals surface area (Å²) < 4.78 is 10.4. The van der Waals surface area contributed by atoms with Crippen molar-refractivity contribution < 1.29 is 28.7 Å². The minimum absolute atomic E-state index is 0.00333. The standard InChI is InChI=1S/C33H42ClN3O6/c1-22(25-13-7-4-8-14-25)37-17-16-26(31(37)39)20-29(32(40)42-2)35-30(38)28(19-23-10-5-3-6-11-23)36-33(41)43-21-24-12-9-15-27(34)18-24/h4,7-9,12-15,18,22-23,26,28-29H,3,5-6,10-11,16-17,19-21H2,1-2H3,(H,35,38)(H,36,41). The number of halogens is 1. The summed E-state index contributed by atoms with van der Waals surface area (Å²) in [5.41, 5.74) is 1.76. The third-order valence-corrected chi connectivity index (χ3v) is 8.82. The van der Waals surface area contributed by atoms with Crippen LogP contribution in [0.4, 0.5) is 4.79 Å². The van der Waals surface area contributed by atoms with Gasteiger partial charge in [0, 0.05) is 17.5 Å². The van der Waals surface area contributed by atoms with Gasteiger partial charge in [0.15, 0.2) is 0 Å². The third kappa shape index (κ3) is 9.20. The zero-order valence-corrected chi connectivity index (χ0v) is 25.7. The highest BCUT2D eigenvalue weighted by atomic mass is 35.5. The van der Waals surface area contributed by atoms with Crippen molar-refractivity contribution in [3.63, 3.8) is 0 Å². The molecule has 1 saturated carbocycles. The Morgan fingerprint density at radius 1 is 0.953 bits per heavy atom. The second kappa shape index (κ2) is 15.8. The Balaban J connectivity index is 1.41. The number of alkyl carbamates (subject to hydrolysis) is 1. The van der Waals surface area contributed by atoms with Gasteiger partial charge >= 0.3 is 12.1 Å². The van der Waals surface area contributed by atoms with E-state index in [-0.39, 0.29) is 30.9 Å². The van der Waals surface area contributed by atoms with Crippen molar-refractivity contribution in [2.45, 2.75) is 83.0 Å². The van der Waals surface area contributed by atoms with E-state index in [0.717, 1.165) is 43.2 Å². The van der Waals surface area contributed by atoms with E-state index in [1.807, 2.05) is 42.2 Å². The molecule has 0 spiro atoms. The molecule has 9 nitrogen and oxygen atoms in total. The predicted octanol–water partition coefficient (Wildman–Crippen LogP) is 5.56. The van der Waals surface area contributed by atoms with Crippen LogP contribution in [-0.4, -0.2) is 54.5 Å². The average Bonchev–Trinajstić information content (AvgIpc) is 3.38. The van der Waals surface area contributed by atoms with E-state index >= 15 is 0 Å². The summed E-state index contributed by atoms with van der Waals surface area (Å²) in [6, 6.07) is 14.7. The number of nitrogens with one attached hydrogen (secondary N) is 2. The van der Waals surface area contributed by atoms with Gasteiger partial charge in [-0.2, -0.15) is 0 Å². The molecule has 1 heterocycles. The number of benzene rings is 2. The lowest BCUT2D eigenvalue weighted by atomic mass is 9.84. The molecule has 10 heteroatoms. The molecule has 2 fully saturated rings. The van der Waals surface area contributed by atoms with Gasteiger partial charge in [-0.05, 0) is 55.4 Å². The highest BCUT2D eigenvalue weighted by molar-refractivity contribution is 6.30. The van der Waals surface area contributed by atoms with Gasteiger partial charge in [0.1, 0.15) is 18.7 Å². The van der Waals surface area contributed by atoms with Crippen LogP contribution in [0.5, 0.6) is 0 Å². The van der Waals surface area contributed by atoms with Crippen LogP contribution in [0.15, 0.2) is 54.6 Å². The zero-order valence-electron chi connectivity index (χ0n) is 24.9. The fourth-order valence-corrected chi connectivity index (χ4v) is 6.35. The summed E-state index contributed by atoms with van der Waals surface area (Å²) in [4.78, 5) is 54.4. The Labute approximate surface area is 258 Å². The summed E-state index contributed by atoms with van der Waals surface area (Å²) >= 11 is 6.03. The van der Waals surface area contributed by atoms with E-state index in [0.29, 0.717) is 24.4 Å². The van der Waals surface area contributed by atoms with Gasteiger partial charge in [-0.1, -0.05) is 86.2 Å². The van der Waals surface area contributed by atoms with Gasteiger partial charge < -0.3 is 25.0 Å². The molecule has 0 aromatic heterocycles. The van der Waals surface area contributed by atoms with Gasteiger partial charge in [-0.25, -0.2) is 9.59 Å². The summed E-state index contributed by atoms with van der Waals surface area (Å²) in [7, 11) is 1.26. The molecule has 0 bridgehead atoms. The van der Waals surface area contributed by atoms with Crippen LogP contribution >= 0.6 is 11.6 Å². The Bertz CT molecular complexity index is 1250. The van der Waals surface area contributed by atoms with Crippen LogP contribution in [-0.2, 0) is 30.5 Å². The van der Waals surface area contributed by atoms with E-state index in [1.54, 1.807) is 24.3 Å². The predicted molar refractivity (Wildman–Crippen MR) is 163 cm³/mol. The lowest BCUT2D eigenvalue weighted by Gasteiger charge is -2.28. The number of ether oxygens (including phenoxy) is 2. The molecule has 232 valence electrons. The Morgan fingerprint density at radius 2 is 1.70 bits per heavy atom. The first-order chi connectivity index (χ1) is 20.7. The van der Waals surface area contributed by atoms with E-state index < -0.39 is 36.0 Å². The van der Waals surface area contributed by atoms with Crippen molar-refractivity contribution in [2.75, 3.05) is 13.7 Å². The van der Waals surface area contributed by atoms with Crippen LogP contribution in [0.25, 0.3) is 0 Å². The molecule has 2 N–H and O–H groups in total. The van der Waals surface area contributed by atoms with E-state index in [9.17, 15) is 19.2 Å². The summed E-state index contributed by atoms with van der Waals surface area (Å²) in [6.45, 7) is 2.55. The fourth-order valence-electron chi connectivity index (χ4n) is 6.14. The molecule has 1 aliphatic carbocycles. The van der Waals surface area contributed by atoms with Crippen molar-refractivity contribution in [1.82, 2.24) is 15.5 Å². The maximum absolute atomic E-state index is 13.6. The molecule has 2 aromatic carbocycles. The fraction of sp³-hybridized carbons (Fsp3) is 0.515. The maximum Gasteiger partial charge on any atom is 0.408 e. The molecule has 2 aliphatic rings. The number of amides is 3. The maximum atomic E-state index is 13.6. The number of methoxy groups -OCH3 is 1. The molecule has 4 rings (SSSR count). The second-order valence-corrected chi connectivity index (χ2v) is 12.0. The van der Waals surface area contributed by atoms with E-state index in [4.69, 9.17) is 21.1 Å². The minimum atomic E-state index is -1.03. The molecular formula is C33H42ClN3O6. The summed E-state index contributed by atoms with van der Waals surface area (Å²) in [6.07, 6.45) is 5.62. The number of hydrogen-bond donors (Lipinski definition) is 2. The van der Waals surface area contributed by atoms with Gasteiger partial charge in [0.05, 0.1) is 13.2 Å². The van der Waals surface area contributed by atoms with E-state index in [2.05, 4.69) is 10.6 Å². The molecule has 3 amide bonds. The van der Waals surface area contributed by atoms with Crippen molar-refractivity contribution >= 4 is 35.5 Å². The van der Waals surface area contributed by atoms with Gasteiger partial charge in [0.25, 0.3) is 0 Å². The number of nitrogens with zero attached hydrogens (tertiary/aromatic N) is 1. The van der Waals surface area contributed by atoms with E-state index in [1.165, 1.54) is 7.11 Å². The van der Waals surface area contributed by atoms with Crippen LogP contribution in [0, 0.1) is 11.8 Å². The highest BCUT2D eigenvalue weighted by Crippen LogP contribution is 2.31. The Kier molecular flexibility index (Phi) is 11.8. The molecule has 1 saturated heterocycles. The second-order valence-electron chi connectivity index (χ2n) is 11.6. The molecule has 0 radical (unpaired) electrons. The van der Waals surface area contributed by atoms with Crippen LogP contribution in [0.1, 0.15) is 75.5 Å². The van der Waals surface area contributed by atoms with Gasteiger partial charge in [-0.15, -0.1) is 0 Å². The Morgan fingerprint density at radius 3 is 2.40 bits per heavy atom. The molecule has 1 aliphatic heterocycles. The largest absolute Gasteiger partial charge is 0.467 e. The van der Waals surface area contributed by atoms with Crippen molar-refractivity contribution in [3.8, 4) is 0 Å². The van der Waals surface area contributed by atoms with Crippen molar-refractivity contribution in [3.05, 3.63) is 70.7 Å². The normalized spacial score (nSPS) is 19.3. The van der Waals surface area contributed by atoms with Gasteiger partial charge in [0.2, 0.25) is 11.8 Å². The first-order valence-electron chi connectivity index (χ1n) is 15.2. The minimum Gasteiger partial charge on any atom is -0.467 e. The first kappa shape index (κ1) is 32.3. The molecular weight excluding hydrogens is 570 g/mol. The lowest BCUT2D eigenvalue weighted by molar-refractivity contribution is -0.146. The topological polar surface area (TPSA) is 114 Å². The molecule has 43 heavy (non-hydrogen) atoms. The Hall–Kier alpha value is -3.59. The summed E-state index contributed by atoms with van der Waals surface area (Å²) in [5.74, 6) is -1.36. The number of rotatable bonds is 12. The van der Waals surface area contributed by atoms with Gasteiger partial charge in [-0.3, -0.25) is 9.59 Å². The molecule has 4 unspecified atom stereocenters. The smallest absolute Gasteiger partial charge is 0.408 e. The zero-order chi connectivity index (χ0) is 30.8. The first-order valence-corrected chi connectivity index (χ1v) is 15.5. The number of esters is 1. The third-order valence-electron chi connectivity index (χ3n) is 8.58. The molecule has 2 aromatic rings. The number of carbonyl (C=O) groups is 4. The monoisotopic (exact) mass is 611 g/mol. The lowest BCUT2D eigenvalue weighted by Crippen LogP contribution is -2.53. The van der Waals surface area contributed by atoms with Crippen molar-refractivity contribution in [1.29, 1.82) is 0 Å². The molecule has 4 atom stereocenters. The number of carbonyl (C=O) groups excluding carboxylic acids is 4. The average molecular weight is 612 g/mol. The van der Waals surface area contributed by atoms with Crippen molar-refractivity contribution in [2.24, 2.45) is 11.8 Å². The number of likely N-dealkylation sites (tertiary alicyclic amines) is 1. The van der Waals surface area contributed by atoms with Crippen LogP contribution < -0.4 is 10.6 Å². The highest BCUT2D eigenvalue weighted by Gasteiger charge is 2.39. The summed E-state index contributed by atoms with van der Waals surface area (Å²) in [5, 5.41) is 6.05. The van der Waals surface area contributed by atoms with Crippen LogP contribution in [0.3, 0.4) is 0 Å². The van der Waals surface area contributed by atoms with Crippen LogP contribution in [0.2, 0.25) is 5.02 Å². The SMILES string of the molecule is COC(=O)C(CC1CCN(C(C)c2ccccc2)C1=O)NC(=O)C(CC1CCCCC1)NC(=O)OCc1cccc(Cl)c1. The number of hydrogen-bond acceptors (Lipinski definition) is 6.